The van der Waals surface area contributed by atoms with Crippen molar-refractivity contribution in [1.29, 1.82) is 0 Å². The molecule has 0 amide bonds. The Labute approximate surface area is 83.1 Å². The lowest BCUT2D eigenvalue weighted by atomic mass is 10.1. The van der Waals surface area contributed by atoms with Crippen LogP contribution in [0.25, 0.3) is 0 Å². The minimum atomic E-state index is 1.10. The molecule has 0 spiro atoms. The Morgan fingerprint density at radius 3 is 2.23 bits per heavy atom. The lowest BCUT2D eigenvalue weighted by Crippen LogP contribution is -2.09. The molecule has 0 saturated carbocycles. The molecule has 0 radical (unpaired) electrons. The number of hydrogen-bond donors (Lipinski definition) is 0. The van der Waals surface area contributed by atoms with Crippen molar-refractivity contribution >= 4 is 0 Å². The summed E-state index contributed by atoms with van der Waals surface area (Å²) in [5.41, 5.74) is 2.80. The molecule has 0 fully saturated rings. The zero-order chi connectivity index (χ0) is 10.3. The maximum atomic E-state index is 2.28. The Balaban J connectivity index is 4.40. The van der Waals surface area contributed by atoms with Crippen molar-refractivity contribution in [2.45, 2.75) is 40.0 Å². The van der Waals surface area contributed by atoms with Gasteiger partial charge in [-0.15, -0.1) is 0 Å². The van der Waals surface area contributed by atoms with E-state index in [1.54, 1.807) is 0 Å². The molecule has 0 rings (SSSR count). The van der Waals surface area contributed by atoms with Crippen LogP contribution in [-0.2, 0) is 0 Å². The highest BCUT2D eigenvalue weighted by atomic mass is 15.1. The first kappa shape index (κ1) is 12.3. The van der Waals surface area contributed by atoms with Crippen LogP contribution in [0.3, 0.4) is 0 Å². The first-order valence-electron chi connectivity index (χ1n) is 5.16. The van der Waals surface area contributed by atoms with Gasteiger partial charge in [0, 0.05) is 19.8 Å². The van der Waals surface area contributed by atoms with E-state index in [0.29, 0.717) is 0 Å². The Bertz CT molecular complexity index is 187. The van der Waals surface area contributed by atoms with Crippen molar-refractivity contribution < 1.29 is 0 Å². The van der Waals surface area contributed by atoms with Crippen LogP contribution >= 0.6 is 0 Å². The van der Waals surface area contributed by atoms with Crippen LogP contribution in [0.1, 0.15) is 40.0 Å². The molecule has 0 N–H and O–H groups in total. The molecule has 0 aromatic carbocycles. The molecule has 0 heterocycles. The second-order valence-electron chi connectivity index (χ2n) is 3.67. The van der Waals surface area contributed by atoms with E-state index in [1.165, 1.54) is 24.1 Å². The van der Waals surface area contributed by atoms with Gasteiger partial charge in [-0.25, -0.2) is 0 Å². The number of hydrogen-bond acceptors (Lipinski definition) is 1. The predicted octanol–water partition coefficient (Wildman–Crippen LogP) is 3.59. The largest absolute Gasteiger partial charge is 0.378 e. The van der Waals surface area contributed by atoms with Crippen molar-refractivity contribution in [3.8, 4) is 0 Å². The van der Waals surface area contributed by atoms with E-state index >= 15 is 0 Å². The summed E-state index contributed by atoms with van der Waals surface area (Å²) in [6.07, 6.45) is 8.08. The molecule has 0 aliphatic rings. The van der Waals surface area contributed by atoms with Crippen LogP contribution in [0.4, 0.5) is 0 Å². The predicted molar refractivity (Wildman–Crippen MR) is 60.7 cm³/mol. The van der Waals surface area contributed by atoms with E-state index in [1.807, 2.05) is 0 Å². The first-order valence-corrected chi connectivity index (χ1v) is 5.16. The third-order valence-corrected chi connectivity index (χ3v) is 1.97. The lowest BCUT2D eigenvalue weighted by Gasteiger charge is -2.14. The molecule has 0 aliphatic carbocycles. The summed E-state index contributed by atoms with van der Waals surface area (Å²) in [5, 5.41) is 0. The van der Waals surface area contributed by atoms with Crippen molar-refractivity contribution in [1.82, 2.24) is 4.90 Å². The van der Waals surface area contributed by atoms with Crippen LogP contribution < -0.4 is 0 Å². The van der Waals surface area contributed by atoms with Crippen LogP contribution in [0.5, 0.6) is 0 Å². The standard InChI is InChI=1S/C12H23N/c1-6-8-11(3)10-12(9-7-2)13(4)5/h9-10H,6-8H2,1-5H3/b11-10-,12-9+. The van der Waals surface area contributed by atoms with E-state index in [0.717, 1.165) is 6.42 Å². The van der Waals surface area contributed by atoms with Gasteiger partial charge in [0.25, 0.3) is 0 Å². The molecule has 0 aliphatic heterocycles. The average Bonchev–Trinajstić information content (AvgIpc) is 2.04. The van der Waals surface area contributed by atoms with Crippen LogP contribution in [0.2, 0.25) is 0 Å². The highest BCUT2D eigenvalue weighted by Crippen LogP contribution is 2.10. The average molecular weight is 181 g/mol. The van der Waals surface area contributed by atoms with Gasteiger partial charge in [0.05, 0.1) is 0 Å². The van der Waals surface area contributed by atoms with Crippen LogP contribution in [0.15, 0.2) is 23.4 Å². The molecule has 0 atom stereocenters. The van der Waals surface area contributed by atoms with Gasteiger partial charge in [-0.3, -0.25) is 0 Å². The van der Waals surface area contributed by atoms with Gasteiger partial charge in [-0.05, 0) is 25.8 Å². The monoisotopic (exact) mass is 181 g/mol. The van der Waals surface area contributed by atoms with Gasteiger partial charge < -0.3 is 4.90 Å². The molecule has 1 nitrogen and oxygen atoms in total. The Morgan fingerprint density at radius 1 is 1.23 bits per heavy atom. The second kappa shape index (κ2) is 6.76. The Hall–Kier alpha value is -0.720. The second-order valence-corrected chi connectivity index (χ2v) is 3.67. The maximum absolute atomic E-state index is 2.28. The first-order chi connectivity index (χ1) is 6.11. The van der Waals surface area contributed by atoms with E-state index in [9.17, 15) is 0 Å². The SMILES string of the molecule is CC/C=C(\C=C(\C)CCC)N(C)C. The molecule has 76 valence electrons. The highest BCUT2D eigenvalue weighted by molar-refractivity contribution is 5.21. The van der Waals surface area contributed by atoms with E-state index in [-0.39, 0.29) is 0 Å². The fourth-order valence-corrected chi connectivity index (χ4v) is 1.30. The molecule has 0 unspecified atom stereocenters. The van der Waals surface area contributed by atoms with Gasteiger partial charge in [0.15, 0.2) is 0 Å². The van der Waals surface area contributed by atoms with Crippen molar-refractivity contribution in [3.05, 3.63) is 23.4 Å². The molecule has 0 saturated heterocycles. The highest BCUT2D eigenvalue weighted by Gasteiger charge is 1.95. The molecule has 13 heavy (non-hydrogen) atoms. The summed E-state index contributed by atoms with van der Waals surface area (Å²) in [6.45, 7) is 6.60. The fraction of sp³-hybridized carbons (Fsp3) is 0.667. The molecular formula is C12H23N. The summed E-state index contributed by atoms with van der Waals surface area (Å²) < 4.78 is 0. The van der Waals surface area contributed by atoms with E-state index < -0.39 is 0 Å². The molecule has 0 bridgehead atoms. The number of allylic oxidation sites excluding steroid dienone is 3. The summed E-state index contributed by atoms with van der Waals surface area (Å²) in [4.78, 5) is 2.17. The minimum Gasteiger partial charge on any atom is -0.378 e. The van der Waals surface area contributed by atoms with Gasteiger partial charge in [0.1, 0.15) is 0 Å². The summed E-state index contributed by atoms with van der Waals surface area (Å²) in [7, 11) is 4.19. The Kier molecular flexibility index (Phi) is 6.38. The quantitative estimate of drug-likeness (QED) is 0.586. The molecular weight excluding hydrogens is 158 g/mol. The summed E-state index contributed by atoms with van der Waals surface area (Å²) in [6, 6.07) is 0. The smallest absolute Gasteiger partial charge is 0.0319 e. The maximum Gasteiger partial charge on any atom is 0.0319 e. The van der Waals surface area contributed by atoms with Crippen LogP contribution in [-0.4, -0.2) is 19.0 Å². The normalized spacial score (nSPS) is 13.3. The lowest BCUT2D eigenvalue weighted by molar-refractivity contribution is 0.526. The summed E-state index contributed by atoms with van der Waals surface area (Å²) >= 11 is 0. The summed E-state index contributed by atoms with van der Waals surface area (Å²) in [5.74, 6) is 0. The van der Waals surface area contributed by atoms with E-state index in [2.05, 4.69) is 51.9 Å². The number of likely N-dealkylation sites (N-methyl/N-ethyl adjacent to an activating group) is 1. The minimum absolute atomic E-state index is 1.10. The van der Waals surface area contributed by atoms with Gasteiger partial charge >= 0.3 is 0 Å². The van der Waals surface area contributed by atoms with Gasteiger partial charge in [-0.1, -0.05) is 31.9 Å². The number of nitrogens with zero attached hydrogens (tertiary/aromatic N) is 1. The zero-order valence-electron chi connectivity index (χ0n) is 9.72. The fourth-order valence-electron chi connectivity index (χ4n) is 1.30. The van der Waals surface area contributed by atoms with Crippen molar-refractivity contribution in [3.63, 3.8) is 0 Å². The molecule has 0 aromatic rings. The molecule has 1 heteroatoms. The van der Waals surface area contributed by atoms with E-state index in [4.69, 9.17) is 0 Å². The van der Waals surface area contributed by atoms with Crippen LogP contribution in [0, 0.1) is 0 Å². The van der Waals surface area contributed by atoms with Crippen molar-refractivity contribution in [2.24, 2.45) is 0 Å². The number of rotatable bonds is 5. The zero-order valence-corrected chi connectivity index (χ0v) is 9.72. The Morgan fingerprint density at radius 2 is 1.85 bits per heavy atom. The van der Waals surface area contributed by atoms with Gasteiger partial charge in [0.2, 0.25) is 0 Å². The molecule has 0 aromatic heterocycles. The third-order valence-electron chi connectivity index (χ3n) is 1.97. The van der Waals surface area contributed by atoms with Crippen molar-refractivity contribution in [2.75, 3.05) is 14.1 Å². The topological polar surface area (TPSA) is 3.24 Å². The third kappa shape index (κ3) is 5.51. The van der Waals surface area contributed by atoms with Gasteiger partial charge in [-0.2, -0.15) is 0 Å².